The molecule has 2 N–H and O–H groups in total. The van der Waals surface area contributed by atoms with E-state index < -0.39 is 0 Å². The summed E-state index contributed by atoms with van der Waals surface area (Å²) >= 11 is 5.95. The van der Waals surface area contributed by atoms with E-state index in [-0.39, 0.29) is 12.5 Å². The summed E-state index contributed by atoms with van der Waals surface area (Å²) in [6, 6.07) is 8.28. The van der Waals surface area contributed by atoms with Gasteiger partial charge in [0.25, 0.3) is 5.91 Å². The highest BCUT2D eigenvalue weighted by Crippen LogP contribution is 2.38. The zero-order valence-electron chi connectivity index (χ0n) is 15.1. The summed E-state index contributed by atoms with van der Waals surface area (Å²) in [5.74, 6) is 1.98. The van der Waals surface area contributed by atoms with Crippen molar-refractivity contribution in [3.05, 3.63) is 29.3 Å². The molecule has 6 heteroatoms. The lowest BCUT2D eigenvalue weighted by molar-refractivity contribution is -0.124. The third kappa shape index (κ3) is 4.00. The predicted molar refractivity (Wildman–Crippen MR) is 103 cm³/mol. The Morgan fingerprint density at radius 1 is 1.31 bits per heavy atom. The van der Waals surface area contributed by atoms with Crippen molar-refractivity contribution < 1.29 is 9.53 Å². The fraction of sp³-hybridized carbons (Fsp3) is 0.650. The number of rotatable bonds is 5. The Balaban J connectivity index is 1.31. The molecule has 5 nitrogen and oxygen atoms in total. The standard InChI is InChI=1S/C20H28ClN3O2/c21-16-4-3-5-17(9-16)26-13-20(25)23-12-19-15-8-14(10-22-11-15)18-6-1-2-7-24(18)19/h3-5,9,14-15,18-19,22H,1-2,6-8,10-13H2,(H,23,25)/t14-,15+,18+,19+/m1/s1. The van der Waals surface area contributed by atoms with Gasteiger partial charge in [0.05, 0.1) is 0 Å². The highest BCUT2D eigenvalue weighted by atomic mass is 35.5. The number of fused-ring (bicyclic) bond motifs is 4. The zero-order valence-corrected chi connectivity index (χ0v) is 15.9. The summed E-state index contributed by atoms with van der Waals surface area (Å²) in [4.78, 5) is 15.0. The van der Waals surface area contributed by atoms with Crippen LogP contribution in [-0.4, -0.2) is 55.7 Å². The number of amides is 1. The van der Waals surface area contributed by atoms with Crippen molar-refractivity contribution >= 4 is 17.5 Å². The van der Waals surface area contributed by atoms with Gasteiger partial charge in [-0.25, -0.2) is 0 Å². The fourth-order valence-corrected chi connectivity index (χ4v) is 5.20. The second-order valence-corrected chi connectivity index (χ2v) is 8.27. The number of hydrogen-bond donors (Lipinski definition) is 2. The van der Waals surface area contributed by atoms with Crippen molar-refractivity contribution in [1.29, 1.82) is 0 Å². The maximum Gasteiger partial charge on any atom is 0.257 e. The number of hydrogen-bond acceptors (Lipinski definition) is 4. The average molecular weight is 378 g/mol. The Morgan fingerprint density at radius 3 is 3.08 bits per heavy atom. The molecule has 3 fully saturated rings. The number of piperidine rings is 3. The Bertz CT molecular complexity index is 641. The third-order valence-electron chi connectivity index (χ3n) is 6.20. The normalized spacial score (nSPS) is 31.1. The molecular formula is C20H28ClN3O2. The van der Waals surface area contributed by atoms with Gasteiger partial charge in [-0.1, -0.05) is 24.1 Å². The second kappa shape index (κ2) is 8.15. The van der Waals surface area contributed by atoms with Crippen LogP contribution in [0, 0.1) is 11.8 Å². The fourth-order valence-electron chi connectivity index (χ4n) is 5.02. The molecule has 0 unspecified atom stereocenters. The molecule has 0 aliphatic carbocycles. The zero-order chi connectivity index (χ0) is 17.9. The van der Waals surface area contributed by atoms with E-state index >= 15 is 0 Å². The van der Waals surface area contributed by atoms with Gasteiger partial charge in [0, 0.05) is 23.7 Å². The highest BCUT2D eigenvalue weighted by Gasteiger charge is 2.45. The number of ether oxygens (including phenoxy) is 1. The summed E-state index contributed by atoms with van der Waals surface area (Å²) in [7, 11) is 0. The molecule has 0 spiro atoms. The molecule has 3 aliphatic heterocycles. The van der Waals surface area contributed by atoms with E-state index in [2.05, 4.69) is 15.5 Å². The largest absolute Gasteiger partial charge is 0.484 e. The smallest absolute Gasteiger partial charge is 0.257 e. The number of nitrogens with zero attached hydrogens (tertiary/aromatic N) is 1. The first-order valence-corrected chi connectivity index (χ1v) is 10.2. The topological polar surface area (TPSA) is 53.6 Å². The Hall–Kier alpha value is -1.30. The minimum Gasteiger partial charge on any atom is -0.484 e. The van der Waals surface area contributed by atoms with Crippen molar-refractivity contribution in [3.63, 3.8) is 0 Å². The summed E-state index contributed by atoms with van der Waals surface area (Å²) in [6.45, 7) is 4.15. The van der Waals surface area contributed by atoms with Gasteiger partial charge in [0.2, 0.25) is 0 Å². The molecule has 3 saturated heterocycles. The van der Waals surface area contributed by atoms with Crippen LogP contribution in [-0.2, 0) is 4.79 Å². The van der Waals surface area contributed by atoms with Crippen LogP contribution in [0.5, 0.6) is 5.75 Å². The molecule has 1 amide bonds. The van der Waals surface area contributed by atoms with Gasteiger partial charge in [-0.3, -0.25) is 9.69 Å². The molecule has 26 heavy (non-hydrogen) atoms. The van der Waals surface area contributed by atoms with Crippen LogP contribution in [0.25, 0.3) is 0 Å². The van der Waals surface area contributed by atoms with E-state index in [9.17, 15) is 4.79 Å². The number of nitrogens with one attached hydrogen (secondary N) is 2. The van der Waals surface area contributed by atoms with E-state index in [1.54, 1.807) is 12.1 Å². The van der Waals surface area contributed by atoms with Gasteiger partial charge >= 0.3 is 0 Å². The Kier molecular flexibility index (Phi) is 5.67. The van der Waals surface area contributed by atoms with Crippen molar-refractivity contribution in [2.75, 3.05) is 32.8 Å². The third-order valence-corrected chi connectivity index (χ3v) is 6.43. The molecule has 3 heterocycles. The summed E-state index contributed by atoms with van der Waals surface area (Å²) in [5, 5.41) is 7.33. The lowest BCUT2D eigenvalue weighted by Gasteiger charge is -2.55. The van der Waals surface area contributed by atoms with Gasteiger partial charge in [-0.15, -0.1) is 0 Å². The van der Waals surface area contributed by atoms with Crippen LogP contribution in [0.4, 0.5) is 0 Å². The molecule has 4 atom stereocenters. The van der Waals surface area contributed by atoms with Gasteiger partial charge in [0.15, 0.2) is 6.61 Å². The lowest BCUT2D eigenvalue weighted by atomic mass is 9.73. The molecular weight excluding hydrogens is 350 g/mol. The first kappa shape index (κ1) is 18.1. The minimum absolute atomic E-state index is 0.0298. The van der Waals surface area contributed by atoms with Crippen molar-refractivity contribution in [2.24, 2.45) is 11.8 Å². The minimum atomic E-state index is -0.0653. The maximum atomic E-state index is 12.3. The highest BCUT2D eigenvalue weighted by molar-refractivity contribution is 6.30. The van der Waals surface area contributed by atoms with E-state index in [1.165, 1.54) is 32.2 Å². The average Bonchev–Trinajstić information content (AvgIpc) is 2.67. The second-order valence-electron chi connectivity index (χ2n) is 7.83. The lowest BCUT2D eigenvalue weighted by Crippen LogP contribution is -2.65. The summed E-state index contributed by atoms with van der Waals surface area (Å²) in [6.07, 6.45) is 5.23. The van der Waals surface area contributed by atoms with Crippen LogP contribution < -0.4 is 15.4 Å². The van der Waals surface area contributed by atoms with Crippen LogP contribution in [0.2, 0.25) is 5.02 Å². The molecule has 3 aliphatic rings. The quantitative estimate of drug-likeness (QED) is 0.826. The Morgan fingerprint density at radius 2 is 2.19 bits per heavy atom. The van der Waals surface area contributed by atoms with Crippen LogP contribution in [0.3, 0.4) is 0 Å². The van der Waals surface area contributed by atoms with Crippen molar-refractivity contribution in [2.45, 2.75) is 37.8 Å². The number of benzene rings is 1. The monoisotopic (exact) mass is 377 g/mol. The SMILES string of the molecule is O=C(COc1cccc(Cl)c1)NC[C@H]1[C@@H]2CNC[C@@H](C2)[C@@H]2CCCCN21. The van der Waals surface area contributed by atoms with Gasteiger partial charge in [-0.2, -0.15) is 0 Å². The van der Waals surface area contributed by atoms with E-state index in [1.807, 2.05) is 12.1 Å². The first-order chi connectivity index (χ1) is 12.7. The van der Waals surface area contributed by atoms with E-state index in [0.29, 0.717) is 35.3 Å². The summed E-state index contributed by atoms with van der Waals surface area (Å²) < 4.78 is 5.55. The van der Waals surface area contributed by atoms with Crippen molar-refractivity contribution in [1.82, 2.24) is 15.5 Å². The van der Waals surface area contributed by atoms with E-state index in [4.69, 9.17) is 16.3 Å². The number of carbonyl (C=O) groups excluding carboxylic acids is 1. The Labute approximate surface area is 160 Å². The molecule has 142 valence electrons. The molecule has 1 aromatic rings. The molecule has 0 aromatic heterocycles. The maximum absolute atomic E-state index is 12.3. The van der Waals surface area contributed by atoms with Crippen molar-refractivity contribution in [3.8, 4) is 5.75 Å². The van der Waals surface area contributed by atoms with Gasteiger partial charge in [0.1, 0.15) is 5.75 Å². The molecule has 0 radical (unpaired) electrons. The number of carbonyl (C=O) groups is 1. The molecule has 0 saturated carbocycles. The van der Waals surface area contributed by atoms with Crippen LogP contribution in [0.15, 0.2) is 24.3 Å². The summed E-state index contributed by atoms with van der Waals surface area (Å²) in [5.41, 5.74) is 0. The van der Waals surface area contributed by atoms with Crippen LogP contribution in [0.1, 0.15) is 25.7 Å². The first-order valence-electron chi connectivity index (χ1n) is 9.82. The molecule has 4 rings (SSSR count). The number of halogens is 1. The predicted octanol–water partition coefficient (Wildman–Crippen LogP) is 2.30. The molecule has 2 bridgehead atoms. The van der Waals surface area contributed by atoms with E-state index in [0.717, 1.165) is 19.0 Å². The van der Waals surface area contributed by atoms with Gasteiger partial charge < -0.3 is 15.4 Å². The van der Waals surface area contributed by atoms with Gasteiger partial charge in [-0.05, 0) is 68.9 Å². The molecule has 1 aromatic carbocycles. The van der Waals surface area contributed by atoms with Crippen LogP contribution >= 0.6 is 11.6 Å².